The first kappa shape index (κ1) is 19.1. The van der Waals surface area contributed by atoms with Gasteiger partial charge in [-0.2, -0.15) is 4.89 Å². The molecule has 0 bridgehead atoms. The van der Waals surface area contributed by atoms with Crippen LogP contribution in [0.15, 0.2) is 24.3 Å². The third-order valence-electron chi connectivity index (χ3n) is 2.44. The molecule has 0 aliphatic rings. The van der Waals surface area contributed by atoms with Gasteiger partial charge in [-0.15, -0.1) is 0 Å². The molecular formula is C13H17FO6P+. The summed E-state index contributed by atoms with van der Waals surface area (Å²) in [5.41, 5.74) is 1.09. The fraction of sp³-hybridized carbons (Fsp3) is 0.385. The summed E-state index contributed by atoms with van der Waals surface area (Å²) in [5.74, 6) is -3.57. The molecule has 1 aromatic rings. The third kappa shape index (κ3) is 10.6. The van der Waals surface area contributed by atoms with E-state index in [1.807, 2.05) is 6.92 Å². The number of carbonyl (C=O) groups is 2. The molecule has 1 rings (SSSR count). The highest BCUT2D eigenvalue weighted by Crippen LogP contribution is 2.21. The fourth-order valence-corrected chi connectivity index (χ4v) is 2.03. The molecule has 0 fully saturated rings. The highest BCUT2D eigenvalue weighted by Gasteiger charge is 2.27. The Morgan fingerprint density at radius 1 is 1.24 bits per heavy atom. The van der Waals surface area contributed by atoms with Crippen molar-refractivity contribution in [3.05, 3.63) is 35.6 Å². The van der Waals surface area contributed by atoms with Crippen LogP contribution in [-0.4, -0.2) is 33.2 Å². The predicted octanol–water partition coefficient (Wildman–Crippen LogP) is 2.42. The molecule has 0 aliphatic heterocycles. The molecule has 21 heavy (non-hydrogen) atoms. The van der Waals surface area contributed by atoms with Gasteiger partial charge in [-0.05, 0) is 30.0 Å². The maximum Gasteiger partial charge on any atom is 0.506 e. The van der Waals surface area contributed by atoms with Crippen LogP contribution in [0.5, 0.6) is 0 Å². The summed E-state index contributed by atoms with van der Waals surface area (Å²) in [6, 6.07) is 6.40. The number of hydrogen-bond donors (Lipinski definition) is 3. The van der Waals surface area contributed by atoms with Crippen molar-refractivity contribution in [2.75, 3.05) is 6.16 Å². The normalized spacial score (nSPS) is 11.9. The average Bonchev–Trinajstić information content (AvgIpc) is 2.38. The van der Waals surface area contributed by atoms with Gasteiger partial charge in [0.2, 0.25) is 0 Å². The molecule has 116 valence electrons. The Labute approximate surface area is 122 Å². The second-order valence-corrected chi connectivity index (χ2v) is 5.37. The molecule has 2 unspecified atom stereocenters. The Balaban J connectivity index is 0.000000423. The van der Waals surface area contributed by atoms with Gasteiger partial charge in [0.1, 0.15) is 11.7 Å². The molecule has 8 heteroatoms. The van der Waals surface area contributed by atoms with E-state index in [0.717, 1.165) is 5.56 Å². The first-order valence-electron chi connectivity index (χ1n) is 6.02. The van der Waals surface area contributed by atoms with Gasteiger partial charge in [0, 0.05) is 6.42 Å². The van der Waals surface area contributed by atoms with E-state index in [-0.39, 0.29) is 18.7 Å². The number of rotatable bonds is 6. The minimum absolute atomic E-state index is 0.119. The van der Waals surface area contributed by atoms with Gasteiger partial charge in [0.25, 0.3) is 0 Å². The van der Waals surface area contributed by atoms with Crippen LogP contribution in [0.2, 0.25) is 0 Å². The quantitative estimate of drug-likeness (QED) is 0.694. The van der Waals surface area contributed by atoms with Crippen molar-refractivity contribution < 1.29 is 33.7 Å². The lowest BCUT2D eigenvalue weighted by Gasteiger charge is -2.02. The fourth-order valence-electron chi connectivity index (χ4n) is 1.31. The van der Waals surface area contributed by atoms with Crippen LogP contribution in [0.3, 0.4) is 0 Å². The largest absolute Gasteiger partial charge is 0.506 e. The topological polar surface area (TPSA) is 112 Å². The van der Waals surface area contributed by atoms with Crippen molar-refractivity contribution >= 4 is 20.0 Å². The Morgan fingerprint density at radius 3 is 2.10 bits per heavy atom. The molecule has 0 heterocycles. The van der Waals surface area contributed by atoms with E-state index in [4.69, 9.17) is 15.1 Å². The Hall–Kier alpha value is -1.85. The number of carboxylic acids is 2. The molecule has 2 atom stereocenters. The van der Waals surface area contributed by atoms with Gasteiger partial charge in [-0.25, -0.2) is 4.39 Å². The van der Waals surface area contributed by atoms with Gasteiger partial charge >= 0.3 is 20.0 Å². The lowest BCUT2D eigenvalue weighted by atomic mass is 10.1. The smallest absolute Gasteiger partial charge is 0.481 e. The van der Waals surface area contributed by atoms with E-state index in [1.54, 1.807) is 12.1 Å². The molecule has 0 spiro atoms. The second-order valence-electron chi connectivity index (χ2n) is 4.30. The van der Waals surface area contributed by atoms with E-state index < -0.39 is 32.0 Å². The van der Waals surface area contributed by atoms with Crippen LogP contribution < -0.4 is 0 Å². The van der Waals surface area contributed by atoms with Crippen molar-refractivity contribution in [2.24, 2.45) is 5.92 Å². The lowest BCUT2D eigenvalue weighted by molar-refractivity contribution is -0.142. The average molecular weight is 319 g/mol. The van der Waals surface area contributed by atoms with Crippen LogP contribution >= 0.6 is 8.03 Å². The SMILES string of the molecule is Cc1ccc(F)cc1.O=C(O)CCC(C[P+](=O)O)C(=O)O. The molecule has 0 aromatic heterocycles. The van der Waals surface area contributed by atoms with Gasteiger partial charge in [0.05, 0.1) is 0 Å². The number of hydrogen-bond acceptors (Lipinski definition) is 3. The highest BCUT2D eigenvalue weighted by molar-refractivity contribution is 7.38. The summed E-state index contributed by atoms with van der Waals surface area (Å²) < 4.78 is 22.4. The van der Waals surface area contributed by atoms with E-state index >= 15 is 0 Å². The van der Waals surface area contributed by atoms with Crippen LogP contribution in [-0.2, 0) is 14.2 Å². The summed E-state index contributed by atoms with van der Waals surface area (Å²) in [4.78, 5) is 28.9. The maximum absolute atomic E-state index is 12.1. The molecule has 0 aliphatic carbocycles. The summed E-state index contributed by atoms with van der Waals surface area (Å²) in [7, 11) is -2.53. The third-order valence-corrected chi connectivity index (χ3v) is 3.20. The number of benzene rings is 1. The van der Waals surface area contributed by atoms with Crippen LogP contribution in [0.25, 0.3) is 0 Å². The number of carboxylic acid groups (broad SMARTS) is 2. The van der Waals surface area contributed by atoms with E-state index in [2.05, 4.69) is 0 Å². The number of aryl methyl sites for hydroxylation is 1. The van der Waals surface area contributed by atoms with Crippen molar-refractivity contribution in [2.45, 2.75) is 19.8 Å². The first-order valence-corrected chi connectivity index (χ1v) is 7.42. The van der Waals surface area contributed by atoms with E-state index in [1.165, 1.54) is 12.1 Å². The zero-order valence-electron chi connectivity index (χ0n) is 11.4. The van der Waals surface area contributed by atoms with Crippen LogP contribution in [0.1, 0.15) is 18.4 Å². The Bertz CT molecular complexity index is 467. The van der Waals surface area contributed by atoms with Crippen molar-refractivity contribution in [1.29, 1.82) is 0 Å². The van der Waals surface area contributed by atoms with E-state index in [0.29, 0.717) is 0 Å². The molecule has 6 nitrogen and oxygen atoms in total. The van der Waals surface area contributed by atoms with Crippen LogP contribution in [0, 0.1) is 18.7 Å². The van der Waals surface area contributed by atoms with Crippen molar-refractivity contribution in [3.63, 3.8) is 0 Å². The lowest BCUT2D eigenvalue weighted by Crippen LogP contribution is -2.17. The van der Waals surface area contributed by atoms with Crippen molar-refractivity contribution in [3.8, 4) is 0 Å². The van der Waals surface area contributed by atoms with Crippen LogP contribution in [0.4, 0.5) is 4.39 Å². The predicted molar refractivity (Wildman–Crippen MR) is 73.8 cm³/mol. The monoisotopic (exact) mass is 319 g/mol. The number of halogens is 1. The maximum atomic E-state index is 12.1. The Kier molecular flexibility index (Phi) is 9.08. The minimum Gasteiger partial charge on any atom is -0.481 e. The molecule has 0 amide bonds. The molecule has 1 aromatic carbocycles. The van der Waals surface area contributed by atoms with Gasteiger partial charge in [-0.1, -0.05) is 17.7 Å². The molecule has 0 saturated heterocycles. The molecule has 3 N–H and O–H groups in total. The highest BCUT2D eigenvalue weighted by atomic mass is 31.1. The van der Waals surface area contributed by atoms with Gasteiger partial charge in [0.15, 0.2) is 6.16 Å². The summed E-state index contributed by atoms with van der Waals surface area (Å²) in [6.45, 7) is 1.93. The molecule has 0 saturated carbocycles. The van der Waals surface area contributed by atoms with Crippen molar-refractivity contribution in [1.82, 2.24) is 0 Å². The zero-order valence-corrected chi connectivity index (χ0v) is 12.3. The summed E-state index contributed by atoms with van der Waals surface area (Å²) in [5, 5.41) is 16.8. The standard InChI is InChI=1S/C7H7F.C6H9O6P/c1-6-2-4-7(8)5-3-6;7-5(8)2-1-4(6(9)10)3-13(11)12/h2-5H,1H3;4H,1-3H2,(H2-,7,8,9,10,11,12)/p+1. The van der Waals surface area contributed by atoms with Gasteiger partial charge < -0.3 is 10.2 Å². The number of aliphatic carboxylic acids is 2. The minimum atomic E-state index is -2.53. The van der Waals surface area contributed by atoms with Gasteiger partial charge in [-0.3, -0.25) is 9.59 Å². The zero-order chi connectivity index (χ0) is 16.4. The van der Waals surface area contributed by atoms with E-state index in [9.17, 15) is 18.5 Å². The summed E-state index contributed by atoms with van der Waals surface area (Å²) >= 11 is 0. The molecular weight excluding hydrogens is 302 g/mol. The molecule has 0 radical (unpaired) electrons. The second kappa shape index (κ2) is 9.96. The first-order chi connectivity index (χ1) is 9.72. The summed E-state index contributed by atoms with van der Waals surface area (Å²) in [6.07, 6.45) is -0.815. The Morgan fingerprint density at radius 2 is 1.76 bits per heavy atom.